The minimum Gasteiger partial charge on any atom is -0.469 e. The van der Waals surface area contributed by atoms with Gasteiger partial charge >= 0.3 is 13.8 Å². The van der Waals surface area contributed by atoms with Crippen LogP contribution >= 0.6 is 47.1 Å². The second-order valence-electron chi connectivity index (χ2n) is 7.31. The molecule has 2 N–H and O–H groups in total. The molecule has 0 bridgehead atoms. The minimum atomic E-state index is -4.66. The third kappa shape index (κ3) is 6.03. The van der Waals surface area contributed by atoms with Crippen LogP contribution in [-0.4, -0.2) is 49.3 Å². The summed E-state index contributed by atoms with van der Waals surface area (Å²) in [4.78, 5) is 35.0. The summed E-state index contributed by atoms with van der Waals surface area (Å²) >= 11 is 11.0. The molecule has 2 aromatic carbocycles. The molecule has 0 amide bonds. The van der Waals surface area contributed by atoms with Crippen molar-refractivity contribution in [3.8, 4) is 5.69 Å². The smallest absolute Gasteiger partial charge is 0.469 e. The van der Waals surface area contributed by atoms with Crippen molar-refractivity contribution in [3.05, 3.63) is 68.9 Å². The van der Waals surface area contributed by atoms with Gasteiger partial charge in [0.05, 0.1) is 18.5 Å². The van der Waals surface area contributed by atoms with E-state index in [-0.39, 0.29) is 24.7 Å². The first-order valence-electron chi connectivity index (χ1n) is 10.2. The van der Waals surface area contributed by atoms with Gasteiger partial charge in [-0.2, -0.15) is 0 Å². The molecule has 2 heterocycles. The van der Waals surface area contributed by atoms with Crippen molar-refractivity contribution in [2.45, 2.75) is 24.0 Å². The Labute approximate surface area is 218 Å². The topological polar surface area (TPSA) is 136 Å². The standard InChI is InChI=1S/C21H19BrClN4O6PS/c1-32-18(28)9-7-16-20-25-26-21(35-11-33-34(29,30)31)27(20)17-8-6-12(22)10-14(17)19(24-16)13-4-2-3-5-15(13)23/h2-6,8,10,16H,7,9,11H2,1H3,(H2,29,30,31)/t16-/m0/s1. The van der Waals surface area contributed by atoms with Crippen molar-refractivity contribution in [1.29, 1.82) is 0 Å². The van der Waals surface area contributed by atoms with Gasteiger partial charge in [0.2, 0.25) is 0 Å². The van der Waals surface area contributed by atoms with Crippen LogP contribution in [0.1, 0.15) is 35.8 Å². The third-order valence-corrected chi connectivity index (χ3v) is 7.30. The van der Waals surface area contributed by atoms with E-state index in [1.54, 1.807) is 10.6 Å². The Morgan fingerprint density at radius 3 is 2.71 bits per heavy atom. The molecule has 0 saturated heterocycles. The highest BCUT2D eigenvalue weighted by molar-refractivity contribution is 9.10. The lowest BCUT2D eigenvalue weighted by molar-refractivity contribution is -0.140. The van der Waals surface area contributed by atoms with Gasteiger partial charge in [0.15, 0.2) is 11.0 Å². The summed E-state index contributed by atoms with van der Waals surface area (Å²) in [6, 6.07) is 12.3. The number of ether oxygens (including phenoxy) is 1. The zero-order chi connectivity index (χ0) is 25.2. The molecule has 3 aromatic rings. The summed E-state index contributed by atoms with van der Waals surface area (Å²) in [7, 11) is -3.34. The number of thioether (sulfide) groups is 1. The van der Waals surface area contributed by atoms with Gasteiger partial charge in [0.1, 0.15) is 12.0 Å². The number of carbonyl (C=O) groups excluding carboxylic acids is 1. The van der Waals surface area contributed by atoms with Crippen LogP contribution in [0.2, 0.25) is 5.02 Å². The van der Waals surface area contributed by atoms with E-state index in [0.717, 1.165) is 21.8 Å². The molecule has 0 spiro atoms. The number of aliphatic imine (C=N–C) groups is 1. The van der Waals surface area contributed by atoms with Crippen molar-refractivity contribution >= 4 is 58.8 Å². The molecule has 1 aliphatic heterocycles. The van der Waals surface area contributed by atoms with E-state index < -0.39 is 13.9 Å². The molecule has 184 valence electrons. The average molecular weight is 602 g/mol. The van der Waals surface area contributed by atoms with Gasteiger partial charge in [0, 0.05) is 27.0 Å². The highest BCUT2D eigenvalue weighted by Gasteiger charge is 2.30. The third-order valence-electron chi connectivity index (χ3n) is 5.08. The van der Waals surface area contributed by atoms with Gasteiger partial charge in [-0.1, -0.05) is 57.5 Å². The van der Waals surface area contributed by atoms with Crippen molar-refractivity contribution in [3.63, 3.8) is 0 Å². The van der Waals surface area contributed by atoms with E-state index >= 15 is 0 Å². The first-order chi connectivity index (χ1) is 16.7. The number of phosphoric acid groups is 1. The largest absolute Gasteiger partial charge is 0.470 e. The lowest BCUT2D eigenvalue weighted by atomic mass is 10.00. The molecule has 4 rings (SSSR count). The molecule has 0 unspecified atom stereocenters. The number of nitrogens with zero attached hydrogens (tertiary/aromatic N) is 4. The second-order valence-corrected chi connectivity index (χ2v) is 10.8. The molecule has 1 aliphatic rings. The van der Waals surface area contributed by atoms with E-state index in [0.29, 0.717) is 33.0 Å². The maximum absolute atomic E-state index is 11.9. The number of esters is 1. The molecular formula is C21H19BrClN4O6PS. The summed E-state index contributed by atoms with van der Waals surface area (Å²) in [5.41, 5.74) is 2.72. The number of phosphoric ester groups is 1. The highest BCUT2D eigenvalue weighted by Crippen LogP contribution is 2.40. The monoisotopic (exact) mass is 600 g/mol. The number of rotatable bonds is 8. The van der Waals surface area contributed by atoms with Gasteiger partial charge in [0.25, 0.3) is 0 Å². The van der Waals surface area contributed by atoms with E-state index in [9.17, 15) is 9.36 Å². The van der Waals surface area contributed by atoms with Gasteiger partial charge in [-0.05, 0) is 30.7 Å². The number of hydrogen-bond acceptors (Lipinski definition) is 8. The fourth-order valence-corrected chi connectivity index (χ4v) is 5.43. The van der Waals surface area contributed by atoms with Crippen LogP contribution in [-0.2, 0) is 18.6 Å². The molecule has 0 radical (unpaired) electrons. The first-order valence-corrected chi connectivity index (χ1v) is 13.8. The fraction of sp³-hybridized carbons (Fsp3) is 0.238. The predicted octanol–water partition coefficient (Wildman–Crippen LogP) is 4.69. The number of carbonyl (C=O) groups is 1. The van der Waals surface area contributed by atoms with Gasteiger partial charge in [-0.3, -0.25) is 18.9 Å². The van der Waals surface area contributed by atoms with Crippen molar-refractivity contribution in [1.82, 2.24) is 14.8 Å². The Bertz CT molecular complexity index is 1350. The van der Waals surface area contributed by atoms with Crippen molar-refractivity contribution in [2.24, 2.45) is 4.99 Å². The van der Waals surface area contributed by atoms with Crippen molar-refractivity contribution in [2.75, 3.05) is 13.0 Å². The summed E-state index contributed by atoms with van der Waals surface area (Å²) in [6.45, 7) is 0. The minimum absolute atomic E-state index is 0.0944. The molecule has 14 heteroatoms. The van der Waals surface area contributed by atoms with Gasteiger partial charge in [-0.25, -0.2) is 4.57 Å². The van der Waals surface area contributed by atoms with Crippen LogP contribution in [0.15, 0.2) is 57.1 Å². The zero-order valence-electron chi connectivity index (χ0n) is 18.2. The van der Waals surface area contributed by atoms with Gasteiger partial charge in [-0.15, -0.1) is 10.2 Å². The maximum atomic E-state index is 11.9. The molecule has 35 heavy (non-hydrogen) atoms. The van der Waals surface area contributed by atoms with E-state index in [2.05, 4.69) is 30.7 Å². The van der Waals surface area contributed by atoms with Crippen LogP contribution in [0, 0.1) is 0 Å². The van der Waals surface area contributed by atoms with Crippen molar-refractivity contribution < 1.29 is 28.4 Å². The summed E-state index contributed by atoms with van der Waals surface area (Å²) in [5.74, 6) is -0.280. The lowest BCUT2D eigenvalue weighted by Crippen LogP contribution is -2.09. The van der Waals surface area contributed by atoms with E-state index in [4.69, 9.17) is 31.1 Å². The van der Waals surface area contributed by atoms with Crippen LogP contribution < -0.4 is 0 Å². The molecule has 10 nitrogen and oxygen atoms in total. The Kier molecular flexibility index (Phi) is 8.12. The van der Waals surface area contributed by atoms with E-state index in [1.807, 2.05) is 36.4 Å². The van der Waals surface area contributed by atoms with Crippen LogP contribution in [0.5, 0.6) is 0 Å². The number of methoxy groups -OCH3 is 1. The number of hydrogen-bond donors (Lipinski definition) is 2. The fourth-order valence-electron chi connectivity index (χ4n) is 3.56. The lowest BCUT2D eigenvalue weighted by Gasteiger charge is -2.14. The van der Waals surface area contributed by atoms with Crippen LogP contribution in [0.3, 0.4) is 0 Å². The Morgan fingerprint density at radius 2 is 2.00 bits per heavy atom. The second kappa shape index (κ2) is 10.9. The maximum Gasteiger partial charge on any atom is 0.470 e. The SMILES string of the molecule is COC(=O)CC[C@@H]1N=C(c2ccccc2Cl)c2cc(Br)ccc2-n2c(SCOP(=O)(O)O)nnc21. The zero-order valence-corrected chi connectivity index (χ0v) is 22.2. The molecular weight excluding hydrogens is 583 g/mol. The molecule has 0 fully saturated rings. The van der Waals surface area contributed by atoms with Crippen LogP contribution in [0.25, 0.3) is 5.69 Å². The number of halogens is 2. The summed E-state index contributed by atoms with van der Waals surface area (Å²) < 4.78 is 23.1. The summed E-state index contributed by atoms with van der Waals surface area (Å²) in [5, 5.41) is 9.39. The van der Waals surface area contributed by atoms with Gasteiger partial charge < -0.3 is 14.5 Å². The first kappa shape index (κ1) is 26.0. The summed E-state index contributed by atoms with van der Waals surface area (Å²) in [6.07, 6.45) is 0.384. The molecule has 1 atom stereocenters. The Balaban J connectivity index is 1.88. The molecule has 1 aromatic heterocycles. The molecule has 0 aliphatic carbocycles. The predicted molar refractivity (Wildman–Crippen MR) is 134 cm³/mol. The Morgan fingerprint density at radius 1 is 1.23 bits per heavy atom. The normalized spacial score (nSPS) is 15.1. The molecule has 0 saturated carbocycles. The number of aromatic nitrogens is 3. The highest BCUT2D eigenvalue weighted by atomic mass is 79.9. The number of benzene rings is 2. The van der Waals surface area contributed by atoms with Crippen LogP contribution in [0.4, 0.5) is 0 Å². The Hall–Kier alpha value is -2.05. The number of fused-ring (bicyclic) bond motifs is 3. The quantitative estimate of drug-likeness (QED) is 0.163. The van der Waals surface area contributed by atoms with E-state index in [1.165, 1.54) is 7.11 Å². The average Bonchev–Trinajstić information content (AvgIpc) is 3.16.